The van der Waals surface area contributed by atoms with Crippen molar-refractivity contribution in [2.45, 2.75) is 26.8 Å². The van der Waals surface area contributed by atoms with Crippen LogP contribution in [0.4, 0.5) is 0 Å². The third kappa shape index (κ3) is 2.96. The zero-order valence-electron chi connectivity index (χ0n) is 17.2. The molecule has 1 amide bonds. The van der Waals surface area contributed by atoms with Crippen LogP contribution in [0.3, 0.4) is 0 Å². The van der Waals surface area contributed by atoms with Crippen molar-refractivity contribution in [3.63, 3.8) is 0 Å². The molecule has 6 nitrogen and oxygen atoms in total. The van der Waals surface area contributed by atoms with E-state index >= 15 is 0 Å². The number of rotatable bonds is 5. The molecular formula is C24H23NO5. The van der Waals surface area contributed by atoms with E-state index in [1.54, 1.807) is 29.2 Å². The van der Waals surface area contributed by atoms with Crippen LogP contribution in [0, 0.1) is 13.8 Å². The summed E-state index contributed by atoms with van der Waals surface area (Å²) in [6.07, 6.45) is 1.61. The fourth-order valence-electron chi connectivity index (χ4n) is 4.16. The SMILES string of the molecule is C=CCN1C(=O)c2oc3cc(C)cc(C)c3c(=O)c2C1c1ccc(O)c(OCC)c1. The Hall–Kier alpha value is -3.54. The summed E-state index contributed by atoms with van der Waals surface area (Å²) >= 11 is 0. The van der Waals surface area contributed by atoms with Crippen LogP contribution in [0.25, 0.3) is 11.0 Å². The number of ether oxygens (including phenoxy) is 1. The lowest BCUT2D eigenvalue weighted by molar-refractivity contribution is 0.0748. The molecule has 0 fully saturated rings. The number of aryl methyl sites for hydroxylation is 2. The van der Waals surface area contributed by atoms with Crippen LogP contribution in [0.15, 0.2) is 52.2 Å². The fraction of sp³-hybridized carbons (Fsp3) is 0.250. The molecule has 1 aromatic heterocycles. The van der Waals surface area contributed by atoms with Gasteiger partial charge in [-0.15, -0.1) is 6.58 Å². The highest BCUT2D eigenvalue weighted by Gasteiger charge is 2.42. The Morgan fingerprint density at radius 1 is 1.23 bits per heavy atom. The molecule has 3 aromatic rings. The molecule has 0 aliphatic carbocycles. The summed E-state index contributed by atoms with van der Waals surface area (Å²) in [6, 6.07) is 7.89. The number of carbonyl (C=O) groups excluding carboxylic acids is 1. The molecule has 0 saturated heterocycles. The van der Waals surface area contributed by atoms with Crippen LogP contribution in [0.5, 0.6) is 11.5 Å². The summed E-state index contributed by atoms with van der Waals surface area (Å²) in [4.78, 5) is 28.3. The normalized spacial score (nSPS) is 15.5. The van der Waals surface area contributed by atoms with Crippen molar-refractivity contribution in [3.8, 4) is 11.5 Å². The Bertz CT molecular complexity index is 1240. The lowest BCUT2D eigenvalue weighted by Gasteiger charge is -2.24. The van der Waals surface area contributed by atoms with Gasteiger partial charge in [0.05, 0.1) is 23.6 Å². The van der Waals surface area contributed by atoms with E-state index in [0.29, 0.717) is 34.5 Å². The van der Waals surface area contributed by atoms with E-state index in [0.717, 1.165) is 11.1 Å². The summed E-state index contributed by atoms with van der Waals surface area (Å²) in [5.41, 5.74) is 2.89. The smallest absolute Gasteiger partial charge is 0.291 e. The van der Waals surface area contributed by atoms with E-state index in [-0.39, 0.29) is 29.4 Å². The lowest BCUT2D eigenvalue weighted by Crippen LogP contribution is -2.29. The van der Waals surface area contributed by atoms with E-state index in [4.69, 9.17) is 9.15 Å². The molecule has 0 radical (unpaired) electrons. The van der Waals surface area contributed by atoms with Gasteiger partial charge in [-0.2, -0.15) is 0 Å². The molecule has 2 heterocycles. The Balaban J connectivity index is 2.01. The maximum Gasteiger partial charge on any atom is 0.291 e. The van der Waals surface area contributed by atoms with Crippen LogP contribution in [0.1, 0.15) is 45.8 Å². The summed E-state index contributed by atoms with van der Waals surface area (Å²) in [5.74, 6) is -0.0156. The van der Waals surface area contributed by atoms with Crippen molar-refractivity contribution in [1.82, 2.24) is 4.90 Å². The topological polar surface area (TPSA) is 80.0 Å². The van der Waals surface area contributed by atoms with Gasteiger partial charge in [0.2, 0.25) is 5.76 Å². The Morgan fingerprint density at radius 2 is 2.00 bits per heavy atom. The van der Waals surface area contributed by atoms with Crippen molar-refractivity contribution >= 4 is 16.9 Å². The first-order valence-corrected chi connectivity index (χ1v) is 9.82. The van der Waals surface area contributed by atoms with E-state index in [9.17, 15) is 14.7 Å². The second-order valence-corrected chi connectivity index (χ2v) is 7.44. The first-order chi connectivity index (χ1) is 14.4. The van der Waals surface area contributed by atoms with Crippen molar-refractivity contribution < 1.29 is 19.1 Å². The minimum absolute atomic E-state index is 0.00252. The number of benzene rings is 2. The van der Waals surface area contributed by atoms with Crippen molar-refractivity contribution in [3.05, 3.63) is 81.2 Å². The van der Waals surface area contributed by atoms with Gasteiger partial charge in [0.25, 0.3) is 5.91 Å². The molecule has 4 rings (SSSR count). The van der Waals surface area contributed by atoms with Crippen LogP contribution in [-0.4, -0.2) is 29.1 Å². The fourth-order valence-corrected chi connectivity index (χ4v) is 4.16. The second kappa shape index (κ2) is 7.37. The number of fused-ring (bicyclic) bond motifs is 2. The van der Waals surface area contributed by atoms with Gasteiger partial charge in [-0.05, 0) is 55.7 Å². The van der Waals surface area contributed by atoms with E-state index in [1.807, 2.05) is 26.8 Å². The molecule has 0 spiro atoms. The van der Waals surface area contributed by atoms with Crippen LogP contribution >= 0.6 is 0 Å². The number of hydrogen-bond acceptors (Lipinski definition) is 5. The van der Waals surface area contributed by atoms with Gasteiger partial charge in [-0.3, -0.25) is 9.59 Å². The first kappa shape index (κ1) is 19.8. The summed E-state index contributed by atoms with van der Waals surface area (Å²) in [6.45, 7) is 9.96. The number of phenolic OH excluding ortho intramolecular Hbond substituents is 1. The molecule has 30 heavy (non-hydrogen) atoms. The monoisotopic (exact) mass is 405 g/mol. The average molecular weight is 405 g/mol. The number of nitrogens with zero attached hydrogens (tertiary/aromatic N) is 1. The first-order valence-electron chi connectivity index (χ1n) is 9.82. The van der Waals surface area contributed by atoms with Crippen LogP contribution in [-0.2, 0) is 0 Å². The van der Waals surface area contributed by atoms with Crippen LogP contribution < -0.4 is 10.2 Å². The predicted octanol–water partition coefficient (Wildman–Crippen LogP) is 4.25. The number of phenols is 1. The molecule has 2 aromatic carbocycles. The molecule has 154 valence electrons. The number of aromatic hydroxyl groups is 1. The van der Waals surface area contributed by atoms with Crippen LogP contribution in [0.2, 0.25) is 0 Å². The zero-order valence-corrected chi connectivity index (χ0v) is 17.2. The van der Waals surface area contributed by atoms with Gasteiger partial charge < -0.3 is 19.2 Å². The molecule has 0 bridgehead atoms. The van der Waals surface area contributed by atoms with E-state index in [2.05, 4.69) is 6.58 Å². The quantitative estimate of drug-likeness (QED) is 0.642. The Kier molecular flexibility index (Phi) is 4.86. The third-order valence-corrected chi connectivity index (χ3v) is 5.34. The highest BCUT2D eigenvalue weighted by Crippen LogP contribution is 2.41. The van der Waals surface area contributed by atoms with E-state index in [1.165, 1.54) is 6.07 Å². The van der Waals surface area contributed by atoms with Crippen molar-refractivity contribution in [1.29, 1.82) is 0 Å². The predicted molar refractivity (Wildman–Crippen MR) is 114 cm³/mol. The number of hydrogen-bond donors (Lipinski definition) is 1. The minimum Gasteiger partial charge on any atom is -0.504 e. The summed E-state index contributed by atoms with van der Waals surface area (Å²) < 4.78 is 11.5. The van der Waals surface area contributed by atoms with Gasteiger partial charge >= 0.3 is 0 Å². The molecule has 1 N–H and O–H groups in total. The molecule has 1 atom stereocenters. The van der Waals surface area contributed by atoms with Crippen molar-refractivity contribution in [2.24, 2.45) is 0 Å². The van der Waals surface area contributed by atoms with Gasteiger partial charge in [-0.1, -0.05) is 18.2 Å². The Morgan fingerprint density at radius 3 is 2.70 bits per heavy atom. The summed E-state index contributed by atoms with van der Waals surface area (Å²) in [5, 5.41) is 10.6. The third-order valence-electron chi connectivity index (χ3n) is 5.34. The minimum atomic E-state index is -0.661. The highest BCUT2D eigenvalue weighted by atomic mass is 16.5. The maximum absolute atomic E-state index is 13.6. The molecule has 1 aliphatic heterocycles. The molecule has 0 saturated carbocycles. The lowest BCUT2D eigenvalue weighted by atomic mass is 9.96. The number of amides is 1. The Labute approximate surface area is 174 Å². The molecule has 1 aliphatic rings. The molecular weight excluding hydrogens is 382 g/mol. The van der Waals surface area contributed by atoms with Gasteiger partial charge in [0, 0.05) is 6.54 Å². The second-order valence-electron chi connectivity index (χ2n) is 7.44. The largest absolute Gasteiger partial charge is 0.504 e. The molecule has 6 heteroatoms. The van der Waals surface area contributed by atoms with Crippen molar-refractivity contribution in [2.75, 3.05) is 13.2 Å². The van der Waals surface area contributed by atoms with Gasteiger partial charge in [-0.25, -0.2) is 0 Å². The standard InChI is InChI=1S/C24H23NO5/c1-5-9-25-21(15-7-8-16(26)17(12-15)29-6-2)20-22(27)19-14(4)10-13(3)11-18(19)30-23(20)24(25)28/h5,7-8,10-12,21,26H,1,6,9H2,2-4H3. The zero-order chi connectivity index (χ0) is 21.6. The molecule has 1 unspecified atom stereocenters. The maximum atomic E-state index is 13.6. The van der Waals surface area contributed by atoms with Gasteiger partial charge in [0.15, 0.2) is 16.9 Å². The number of carbonyl (C=O) groups is 1. The van der Waals surface area contributed by atoms with Gasteiger partial charge in [0.1, 0.15) is 5.58 Å². The summed E-state index contributed by atoms with van der Waals surface area (Å²) in [7, 11) is 0. The van der Waals surface area contributed by atoms with E-state index < -0.39 is 6.04 Å². The highest BCUT2D eigenvalue weighted by molar-refractivity contribution is 5.99. The average Bonchev–Trinajstić information content (AvgIpc) is 2.96.